The predicted octanol–water partition coefficient (Wildman–Crippen LogP) is 3.99. The summed E-state index contributed by atoms with van der Waals surface area (Å²) in [5, 5.41) is 3.63. The number of hydrogen-bond acceptors (Lipinski definition) is 1. The van der Waals surface area contributed by atoms with Crippen LogP contribution in [-0.4, -0.2) is 15.1 Å². The number of aromatic amines is 3. The van der Waals surface area contributed by atoms with Crippen LogP contribution < -0.4 is 0 Å². The van der Waals surface area contributed by atoms with Gasteiger partial charge in [-0.1, -0.05) is 12.1 Å². The number of H-pyrrole nitrogens is 3. The van der Waals surface area contributed by atoms with E-state index in [2.05, 4.69) is 15.1 Å². The molecule has 19 heavy (non-hydrogen) atoms. The lowest BCUT2D eigenvalue weighted by molar-refractivity contribution is 0.450. The number of nitrogens with one attached hydrogen (secondary N) is 3. The van der Waals surface area contributed by atoms with E-state index in [0.29, 0.717) is 5.71 Å². The van der Waals surface area contributed by atoms with Gasteiger partial charge >= 0.3 is 0 Å². The molecule has 0 fully saturated rings. The van der Waals surface area contributed by atoms with Gasteiger partial charge in [0.2, 0.25) is 5.71 Å². The van der Waals surface area contributed by atoms with E-state index in [9.17, 15) is 4.39 Å². The molecule has 0 aliphatic rings. The van der Waals surface area contributed by atoms with E-state index in [1.165, 1.54) is 12.1 Å². The first-order valence-corrected chi connectivity index (χ1v) is 5.91. The fraction of sp³-hybridized carbons (Fsp3) is 0. The maximum absolute atomic E-state index is 13.4. The van der Waals surface area contributed by atoms with Gasteiger partial charge in [0.15, 0.2) is 0 Å². The van der Waals surface area contributed by atoms with Crippen molar-refractivity contribution >= 4 is 33.2 Å². The molecule has 4 rings (SSSR count). The van der Waals surface area contributed by atoms with Crippen LogP contribution in [0, 0.1) is 5.82 Å². The summed E-state index contributed by atoms with van der Waals surface area (Å²) in [6, 6.07) is 12.3. The van der Waals surface area contributed by atoms with E-state index >= 15 is 0 Å². The third-order valence-corrected chi connectivity index (χ3v) is 3.18. The summed E-state index contributed by atoms with van der Waals surface area (Å²) < 4.78 is 18.9. The number of rotatable bonds is 0. The van der Waals surface area contributed by atoms with E-state index in [1.807, 2.05) is 24.3 Å². The summed E-state index contributed by atoms with van der Waals surface area (Å²) in [6.07, 6.45) is 0. The largest absolute Gasteiger partial charge is 0.361 e. The highest BCUT2D eigenvalue weighted by Gasteiger charge is 2.07. The number of benzene rings is 2. The monoisotopic (exact) mass is 255 g/mol. The highest BCUT2D eigenvalue weighted by Crippen LogP contribution is 2.24. The zero-order chi connectivity index (χ0) is 12.8. The highest BCUT2D eigenvalue weighted by atomic mass is 19.1. The van der Waals surface area contributed by atoms with Crippen molar-refractivity contribution in [2.24, 2.45) is 0 Å². The van der Waals surface area contributed by atoms with Crippen LogP contribution in [0.1, 0.15) is 0 Å². The highest BCUT2D eigenvalue weighted by molar-refractivity contribution is 6.03. The third-order valence-electron chi connectivity index (χ3n) is 3.18. The van der Waals surface area contributed by atoms with Crippen molar-refractivity contribution in [3.8, 4) is 0 Å². The molecule has 2 heterocycles. The van der Waals surface area contributed by atoms with Crippen molar-refractivity contribution in [3.63, 3.8) is 0 Å². The Morgan fingerprint density at radius 3 is 2.63 bits per heavy atom. The minimum absolute atomic E-state index is 0.276. The average Bonchev–Trinajstić information content (AvgIpc) is 2.65. The van der Waals surface area contributed by atoms with Gasteiger partial charge in [-0.2, -0.15) is 0 Å². The molecular formula is C14H10FN3O. The topological polar surface area (TPSA) is 60.5 Å². The van der Waals surface area contributed by atoms with Gasteiger partial charge in [0.25, 0.3) is 0 Å². The molecule has 0 atom stereocenters. The molecule has 4 nitrogen and oxygen atoms in total. The van der Waals surface area contributed by atoms with E-state index < -0.39 is 0 Å². The Kier molecular flexibility index (Phi) is 1.97. The standard InChI is InChI=1S/C14H10FN3O/c15-8-5-6-10-9(7-8)13-14(17-10)19-18-12-4-2-1-3-11(12)16-13/h1-7,16-18H. The van der Waals surface area contributed by atoms with E-state index in [-0.39, 0.29) is 5.82 Å². The van der Waals surface area contributed by atoms with Crippen LogP contribution in [0.25, 0.3) is 33.2 Å². The summed E-state index contributed by atoms with van der Waals surface area (Å²) in [5.41, 5.74) is 3.80. The lowest BCUT2D eigenvalue weighted by atomic mass is 10.2. The van der Waals surface area contributed by atoms with Crippen molar-refractivity contribution in [1.82, 2.24) is 15.1 Å². The molecule has 0 aliphatic carbocycles. The minimum Gasteiger partial charge on any atom is -0.361 e. The van der Waals surface area contributed by atoms with Gasteiger partial charge in [-0.3, -0.25) is 0 Å². The van der Waals surface area contributed by atoms with Crippen molar-refractivity contribution in [2.75, 3.05) is 0 Å². The van der Waals surface area contributed by atoms with E-state index in [0.717, 1.165) is 27.5 Å². The Morgan fingerprint density at radius 1 is 0.895 bits per heavy atom. The van der Waals surface area contributed by atoms with Crippen LogP contribution in [0.2, 0.25) is 0 Å². The first-order chi connectivity index (χ1) is 9.31. The maximum atomic E-state index is 13.4. The zero-order valence-electron chi connectivity index (χ0n) is 9.83. The van der Waals surface area contributed by atoms with Gasteiger partial charge < -0.3 is 14.5 Å². The van der Waals surface area contributed by atoms with Crippen molar-refractivity contribution in [2.45, 2.75) is 0 Å². The Hall–Kier alpha value is -2.69. The summed E-state index contributed by atoms with van der Waals surface area (Å²) in [4.78, 5) is 6.37. The van der Waals surface area contributed by atoms with Crippen LogP contribution in [-0.2, 0) is 0 Å². The van der Waals surface area contributed by atoms with Crippen LogP contribution in [0.4, 0.5) is 4.39 Å². The van der Waals surface area contributed by atoms with Crippen molar-refractivity contribution in [3.05, 3.63) is 48.3 Å². The fourth-order valence-corrected chi connectivity index (χ4v) is 2.26. The molecule has 0 bridgehead atoms. The normalized spacial score (nSPS) is 11.4. The molecule has 0 saturated heterocycles. The fourth-order valence-electron chi connectivity index (χ4n) is 2.26. The predicted molar refractivity (Wildman–Crippen MR) is 71.9 cm³/mol. The van der Waals surface area contributed by atoms with Crippen LogP contribution in [0.3, 0.4) is 0 Å². The second-order valence-electron chi connectivity index (χ2n) is 4.39. The summed E-state index contributed by atoms with van der Waals surface area (Å²) in [5.74, 6) is -0.276. The summed E-state index contributed by atoms with van der Waals surface area (Å²) in [7, 11) is 0. The summed E-state index contributed by atoms with van der Waals surface area (Å²) in [6.45, 7) is 0. The number of hydrogen-bond donors (Lipinski definition) is 3. The molecule has 5 heteroatoms. The molecule has 94 valence electrons. The molecule has 3 N–H and O–H groups in total. The van der Waals surface area contributed by atoms with Crippen LogP contribution in [0.5, 0.6) is 0 Å². The number of halogens is 1. The Bertz CT molecular complexity index is 939. The molecule has 0 unspecified atom stereocenters. The minimum atomic E-state index is -0.276. The van der Waals surface area contributed by atoms with Gasteiger partial charge in [-0.15, -0.1) is 0 Å². The molecule has 0 aliphatic heterocycles. The average molecular weight is 255 g/mol. The van der Waals surface area contributed by atoms with Crippen molar-refractivity contribution < 1.29 is 8.91 Å². The Balaban J connectivity index is 2.26. The molecule has 0 saturated carbocycles. The molecule has 0 radical (unpaired) electrons. The van der Waals surface area contributed by atoms with Crippen molar-refractivity contribution in [1.29, 1.82) is 0 Å². The van der Waals surface area contributed by atoms with E-state index in [4.69, 9.17) is 4.52 Å². The number of aromatic nitrogens is 3. The van der Waals surface area contributed by atoms with Gasteiger partial charge in [-0.25, -0.2) is 9.55 Å². The summed E-state index contributed by atoms with van der Waals surface area (Å²) >= 11 is 0. The van der Waals surface area contributed by atoms with Crippen LogP contribution in [0.15, 0.2) is 47.0 Å². The van der Waals surface area contributed by atoms with Gasteiger partial charge in [0.05, 0.1) is 16.6 Å². The van der Waals surface area contributed by atoms with Gasteiger partial charge in [-0.05, 0) is 30.3 Å². The molecule has 4 aromatic rings. The quantitative estimate of drug-likeness (QED) is 0.437. The Labute approximate surface area is 106 Å². The molecule has 0 amide bonds. The first-order valence-electron chi connectivity index (χ1n) is 5.91. The number of para-hydroxylation sites is 2. The zero-order valence-corrected chi connectivity index (χ0v) is 9.83. The van der Waals surface area contributed by atoms with Gasteiger partial charge in [0.1, 0.15) is 11.3 Å². The smallest absolute Gasteiger partial charge is 0.248 e. The Morgan fingerprint density at radius 2 is 1.74 bits per heavy atom. The lowest BCUT2D eigenvalue weighted by Crippen LogP contribution is -1.76. The number of fused-ring (bicyclic) bond motifs is 4. The third kappa shape index (κ3) is 1.52. The SMILES string of the molecule is Fc1ccc2[nH]c3o[nH]c4ccccc4[nH]c3c2c1. The van der Waals surface area contributed by atoms with Crippen LogP contribution >= 0.6 is 0 Å². The maximum Gasteiger partial charge on any atom is 0.248 e. The second-order valence-corrected chi connectivity index (χ2v) is 4.39. The first kappa shape index (κ1) is 10.3. The second kappa shape index (κ2) is 3.65. The lowest BCUT2D eigenvalue weighted by Gasteiger charge is -1.92. The van der Waals surface area contributed by atoms with Gasteiger partial charge in [0, 0.05) is 5.39 Å². The van der Waals surface area contributed by atoms with E-state index in [1.54, 1.807) is 6.07 Å². The molecule has 2 aromatic heterocycles. The molecular weight excluding hydrogens is 245 g/mol. The molecule has 2 aromatic carbocycles. The molecule has 0 spiro atoms.